The van der Waals surface area contributed by atoms with E-state index in [1.54, 1.807) is 19.2 Å². The highest BCUT2D eigenvalue weighted by atomic mass is 16.5. The van der Waals surface area contributed by atoms with Crippen molar-refractivity contribution >= 4 is 22.6 Å². The van der Waals surface area contributed by atoms with E-state index in [2.05, 4.69) is 10.3 Å². The lowest BCUT2D eigenvalue weighted by molar-refractivity contribution is 0.102. The van der Waals surface area contributed by atoms with Gasteiger partial charge in [0.1, 0.15) is 11.3 Å². The number of rotatable bonds is 4. The molecule has 0 unspecified atom stereocenters. The number of pyridine rings is 1. The van der Waals surface area contributed by atoms with E-state index < -0.39 is 17.2 Å². The highest BCUT2D eigenvalue weighted by Crippen LogP contribution is 2.13. The van der Waals surface area contributed by atoms with Gasteiger partial charge in [0.15, 0.2) is 0 Å². The van der Waals surface area contributed by atoms with Gasteiger partial charge in [0, 0.05) is 26.9 Å². The lowest BCUT2D eigenvalue weighted by atomic mass is 10.2. The van der Waals surface area contributed by atoms with Crippen LogP contribution < -0.4 is 16.6 Å². The van der Waals surface area contributed by atoms with Crippen LogP contribution in [0, 0.1) is 0 Å². The molecule has 1 amide bonds. The highest BCUT2D eigenvalue weighted by molar-refractivity contribution is 6.03. The van der Waals surface area contributed by atoms with Crippen molar-refractivity contribution in [1.29, 1.82) is 0 Å². The van der Waals surface area contributed by atoms with Gasteiger partial charge in [-0.15, -0.1) is 0 Å². The topological polar surface area (TPSA) is 95.2 Å². The molecule has 0 aliphatic carbocycles. The van der Waals surface area contributed by atoms with Gasteiger partial charge >= 0.3 is 5.69 Å². The van der Waals surface area contributed by atoms with Crippen LogP contribution in [0.4, 0.5) is 5.69 Å². The maximum atomic E-state index is 12.5. The molecule has 0 saturated carbocycles. The SMILES string of the molecule is COCc1cccc(NC(=O)c2ccc3c(=O)n(C)c(=O)n(C)c3n2)c1. The maximum Gasteiger partial charge on any atom is 0.332 e. The molecule has 0 saturated heterocycles. The zero-order valence-corrected chi connectivity index (χ0v) is 14.6. The van der Waals surface area contributed by atoms with Crippen molar-refractivity contribution in [2.45, 2.75) is 6.61 Å². The van der Waals surface area contributed by atoms with Gasteiger partial charge in [-0.1, -0.05) is 12.1 Å². The first-order valence-corrected chi connectivity index (χ1v) is 7.88. The first-order chi connectivity index (χ1) is 12.4. The van der Waals surface area contributed by atoms with Crippen LogP contribution >= 0.6 is 0 Å². The summed E-state index contributed by atoms with van der Waals surface area (Å²) in [6.45, 7) is 0.434. The molecule has 0 fully saturated rings. The fourth-order valence-electron chi connectivity index (χ4n) is 2.68. The summed E-state index contributed by atoms with van der Waals surface area (Å²) >= 11 is 0. The Kier molecular flexibility index (Phi) is 4.68. The van der Waals surface area contributed by atoms with Crippen LogP contribution in [0.5, 0.6) is 0 Å². The Hall–Kier alpha value is -3.26. The monoisotopic (exact) mass is 354 g/mol. The smallest absolute Gasteiger partial charge is 0.332 e. The zero-order valence-electron chi connectivity index (χ0n) is 14.6. The maximum absolute atomic E-state index is 12.5. The van der Waals surface area contributed by atoms with Crippen LogP contribution in [0.1, 0.15) is 16.1 Å². The molecule has 0 aliphatic rings. The second kappa shape index (κ2) is 6.93. The Morgan fingerprint density at radius 2 is 1.92 bits per heavy atom. The van der Waals surface area contributed by atoms with Gasteiger partial charge < -0.3 is 10.1 Å². The first-order valence-electron chi connectivity index (χ1n) is 7.88. The summed E-state index contributed by atoms with van der Waals surface area (Å²) in [5, 5.41) is 3.03. The molecule has 134 valence electrons. The predicted molar refractivity (Wildman–Crippen MR) is 97.3 cm³/mol. The normalized spacial score (nSPS) is 10.9. The minimum absolute atomic E-state index is 0.109. The average Bonchev–Trinajstić information content (AvgIpc) is 2.64. The van der Waals surface area contributed by atoms with E-state index in [1.165, 1.54) is 30.8 Å². The van der Waals surface area contributed by atoms with Crippen molar-refractivity contribution in [2.75, 3.05) is 12.4 Å². The predicted octanol–water partition coefficient (Wildman–Crippen LogP) is 1.03. The Labute approximate surface area is 148 Å². The minimum Gasteiger partial charge on any atom is -0.380 e. The molecular weight excluding hydrogens is 336 g/mol. The Morgan fingerprint density at radius 3 is 2.65 bits per heavy atom. The molecule has 0 radical (unpaired) electrons. The largest absolute Gasteiger partial charge is 0.380 e. The standard InChI is InChI=1S/C18H18N4O4/c1-21-15-13(17(24)22(2)18(21)25)7-8-14(20-15)16(23)19-12-6-4-5-11(9-12)10-26-3/h4-9H,10H2,1-3H3,(H,19,23). The lowest BCUT2D eigenvalue weighted by Gasteiger charge is -2.09. The summed E-state index contributed by atoms with van der Waals surface area (Å²) in [6.07, 6.45) is 0. The Balaban J connectivity index is 1.98. The summed E-state index contributed by atoms with van der Waals surface area (Å²) in [7, 11) is 4.50. The number of benzene rings is 1. The molecule has 2 heterocycles. The molecule has 0 atom stereocenters. The van der Waals surface area contributed by atoms with Crippen molar-refractivity contribution in [1.82, 2.24) is 14.1 Å². The molecule has 3 aromatic rings. The molecule has 8 nitrogen and oxygen atoms in total. The summed E-state index contributed by atoms with van der Waals surface area (Å²) in [6, 6.07) is 10.2. The molecule has 26 heavy (non-hydrogen) atoms. The number of nitrogens with zero attached hydrogens (tertiary/aromatic N) is 3. The van der Waals surface area contributed by atoms with Crippen molar-refractivity contribution in [3.63, 3.8) is 0 Å². The summed E-state index contributed by atoms with van der Waals surface area (Å²) in [4.78, 5) is 40.9. The molecular formula is C18H18N4O4. The van der Waals surface area contributed by atoms with Gasteiger partial charge in [0.25, 0.3) is 11.5 Å². The van der Waals surface area contributed by atoms with E-state index in [4.69, 9.17) is 4.74 Å². The summed E-state index contributed by atoms with van der Waals surface area (Å²) < 4.78 is 7.32. The van der Waals surface area contributed by atoms with Gasteiger partial charge in [0.05, 0.1) is 12.0 Å². The second-order valence-electron chi connectivity index (χ2n) is 5.86. The van der Waals surface area contributed by atoms with Gasteiger partial charge in [0.2, 0.25) is 0 Å². The Bertz CT molecular complexity index is 1110. The zero-order chi connectivity index (χ0) is 18.8. The summed E-state index contributed by atoms with van der Waals surface area (Å²) in [5.41, 5.74) is 0.846. The number of ether oxygens (including phenoxy) is 1. The minimum atomic E-state index is -0.500. The number of nitrogens with one attached hydrogen (secondary N) is 1. The Morgan fingerprint density at radius 1 is 1.15 bits per heavy atom. The molecule has 0 aliphatic heterocycles. The number of methoxy groups -OCH3 is 1. The quantitative estimate of drug-likeness (QED) is 0.755. The summed E-state index contributed by atoms with van der Waals surface area (Å²) in [5.74, 6) is -0.436. The number of carbonyl (C=O) groups is 1. The second-order valence-corrected chi connectivity index (χ2v) is 5.86. The van der Waals surface area contributed by atoms with Crippen molar-refractivity contribution in [3.8, 4) is 0 Å². The van der Waals surface area contributed by atoms with E-state index >= 15 is 0 Å². The number of aryl methyl sites for hydroxylation is 1. The van der Waals surface area contributed by atoms with Gasteiger partial charge in [-0.25, -0.2) is 9.78 Å². The van der Waals surface area contributed by atoms with Crippen LogP contribution in [-0.4, -0.2) is 27.1 Å². The van der Waals surface area contributed by atoms with Gasteiger partial charge in [-0.2, -0.15) is 0 Å². The third kappa shape index (κ3) is 3.14. The number of fused-ring (bicyclic) bond motifs is 1. The van der Waals surface area contributed by atoms with Crippen LogP contribution in [0.3, 0.4) is 0 Å². The van der Waals surface area contributed by atoms with Crippen LogP contribution in [0.25, 0.3) is 11.0 Å². The number of amides is 1. The number of hydrogen-bond acceptors (Lipinski definition) is 5. The average molecular weight is 354 g/mol. The van der Waals surface area contributed by atoms with E-state index in [-0.39, 0.29) is 16.7 Å². The fourth-order valence-corrected chi connectivity index (χ4v) is 2.68. The fraction of sp³-hybridized carbons (Fsp3) is 0.222. The van der Waals surface area contributed by atoms with Gasteiger partial charge in [-0.3, -0.25) is 18.7 Å². The third-order valence-corrected chi connectivity index (χ3v) is 4.03. The first kappa shape index (κ1) is 17.6. The van der Waals surface area contributed by atoms with Crippen LogP contribution in [0.15, 0.2) is 46.0 Å². The number of anilines is 1. The number of carbonyl (C=O) groups excluding carboxylic acids is 1. The third-order valence-electron chi connectivity index (χ3n) is 4.03. The van der Waals surface area contributed by atoms with Crippen molar-refractivity contribution in [3.05, 3.63) is 68.5 Å². The highest BCUT2D eigenvalue weighted by Gasteiger charge is 2.14. The molecule has 3 rings (SSSR count). The van der Waals surface area contributed by atoms with Crippen LogP contribution in [0.2, 0.25) is 0 Å². The number of hydrogen-bond donors (Lipinski definition) is 1. The molecule has 0 spiro atoms. The molecule has 2 aromatic heterocycles. The lowest BCUT2D eigenvalue weighted by Crippen LogP contribution is -2.37. The van der Waals surface area contributed by atoms with Gasteiger partial charge in [-0.05, 0) is 29.8 Å². The number of aromatic nitrogens is 3. The molecule has 1 aromatic carbocycles. The molecule has 1 N–H and O–H groups in total. The van der Waals surface area contributed by atoms with E-state index in [9.17, 15) is 14.4 Å². The van der Waals surface area contributed by atoms with Crippen molar-refractivity contribution < 1.29 is 9.53 Å². The van der Waals surface area contributed by atoms with E-state index in [1.807, 2.05) is 12.1 Å². The molecule has 0 bridgehead atoms. The van der Waals surface area contributed by atoms with E-state index in [0.717, 1.165) is 10.1 Å². The van der Waals surface area contributed by atoms with E-state index in [0.29, 0.717) is 12.3 Å². The van der Waals surface area contributed by atoms with Crippen LogP contribution in [-0.2, 0) is 25.4 Å². The van der Waals surface area contributed by atoms with Crippen molar-refractivity contribution in [2.24, 2.45) is 14.1 Å². The molecule has 8 heteroatoms.